The van der Waals surface area contributed by atoms with Crippen molar-refractivity contribution in [2.75, 3.05) is 6.54 Å². The number of hydrogen-bond acceptors (Lipinski definition) is 1. The van der Waals surface area contributed by atoms with Crippen molar-refractivity contribution in [1.82, 2.24) is 5.32 Å². The predicted molar refractivity (Wildman–Crippen MR) is 83.5 cm³/mol. The molecule has 0 saturated heterocycles. The summed E-state index contributed by atoms with van der Waals surface area (Å²) in [6.07, 6.45) is 6.62. The molecule has 1 nitrogen and oxygen atoms in total. The van der Waals surface area contributed by atoms with Crippen LogP contribution in [0.5, 0.6) is 0 Å². The van der Waals surface area contributed by atoms with Crippen LogP contribution in [-0.2, 0) is 0 Å². The highest BCUT2D eigenvalue weighted by Crippen LogP contribution is 2.34. The quantitative estimate of drug-likeness (QED) is 0.809. The molecule has 20 heavy (non-hydrogen) atoms. The summed E-state index contributed by atoms with van der Waals surface area (Å²) in [6.45, 7) is 7.49. The van der Waals surface area contributed by atoms with Crippen molar-refractivity contribution < 1.29 is 4.39 Å². The average molecular weight is 277 g/mol. The van der Waals surface area contributed by atoms with Crippen molar-refractivity contribution in [3.05, 3.63) is 35.6 Å². The normalized spacial score (nSPS) is 18.4. The number of benzene rings is 1. The van der Waals surface area contributed by atoms with E-state index in [0.717, 1.165) is 18.0 Å². The zero-order chi connectivity index (χ0) is 14.6. The summed E-state index contributed by atoms with van der Waals surface area (Å²) in [6, 6.07) is 7.16. The molecule has 0 bridgehead atoms. The Bertz CT molecular complexity index is 416. The topological polar surface area (TPSA) is 12.0 Å². The Balaban J connectivity index is 2.06. The Morgan fingerprint density at radius 2 is 1.95 bits per heavy atom. The lowest BCUT2D eigenvalue weighted by Crippen LogP contribution is -2.38. The molecular formula is C18H28FN. The molecule has 0 radical (unpaired) electrons. The van der Waals surface area contributed by atoms with E-state index in [1.807, 2.05) is 6.07 Å². The van der Waals surface area contributed by atoms with Crippen LogP contribution in [0.3, 0.4) is 0 Å². The minimum atomic E-state index is -0.116. The van der Waals surface area contributed by atoms with Crippen LogP contribution in [0.1, 0.15) is 64.4 Å². The van der Waals surface area contributed by atoms with Crippen molar-refractivity contribution in [1.29, 1.82) is 0 Å². The highest BCUT2D eigenvalue weighted by molar-refractivity contribution is 5.21. The second kappa shape index (κ2) is 6.71. The van der Waals surface area contributed by atoms with Gasteiger partial charge in [-0.15, -0.1) is 0 Å². The van der Waals surface area contributed by atoms with Gasteiger partial charge >= 0.3 is 0 Å². The maximum atomic E-state index is 13.5. The van der Waals surface area contributed by atoms with E-state index in [2.05, 4.69) is 32.2 Å². The molecule has 0 amide bonds. The molecule has 1 aliphatic carbocycles. The molecule has 0 spiro atoms. The second-order valence-corrected chi connectivity index (χ2v) is 7.27. The largest absolute Gasteiger partial charge is 0.311 e. The van der Waals surface area contributed by atoms with Gasteiger partial charge in [-0.3, -0.25) is 0 Å². The second-order valence-electron chi connectivity index (χ2n) is 7.27. The van der Waals surface area contributed by atoms with Crippen LogP contribution in [-0.4, -0.2) is 12.1 Å². The van der Waals surface area contributed by atoms with Gasteiger partial charge in [0.2, 0.25) is 0 Å². The summed E-state index contributed by atoms with van der Waals surface area (Å²) >= 11 is 0. The van der Waals surface area contributed by atoms with Gasteiger partial charge in [-0.1, -0.05) is 37.8 Å². The minimum Gasteiger partial charge on any atom is -0.311 e. The molecule has 2 heteroatoms. The van der Waals surface area contributed by atoms with Gasteiger partial charge in [-0.25, -0.2) is 4.39 Å². The average Bonchev–Trinajstić information content (AvgIpc) is 2.86. The van der Waals surface area contributed by atoms with Crippen molar-refractivity contribution in [2.45, 2.75) is 64.3 Å². The summed E-state index contributed by atoms with van der Waals surface area (Å²) in [7, 11) is 0. The lowest BCUT2D eigenvalue weighted by Gasteiger charge is -2.27. The van der Waals surface area contributed by atoms with Crippen molar-refractivity contribution >= 4 is 0 Å². The Morgan fingerprint density at radius 1 is 1.25 bits per heavy atom. The van der Waals surface area contributed by atoms with Crippen LogP contribution in [0.4, 0.5) is 4.39 Å². The molecule has 1 aliphatic rings. The van der Waals surface area contributed by atoms with Crippen LogP contribution in [0.2, 0.25) is 0 Å². The molecule has 0 aliphatic heterocycles. The summed E-state index contributed by atoms with van der Waals surface area (Å²) < 4.78 is 13.5. The summed E-state index contributed by atoms with van der Waals surface area (Å²) in [5, 5.41) is 3.59. The third kappa shape index (κ3) is 4.90. The van der Waals surface area contributed by atoms with E-state index >= 15 is 0 Å². The number of rotatable bonds is 5. The summed E-state index contributed by atoms with van der Waals surface area (Å²) in [5.41, 5.74) is 1.26. The van der Waals surface area contributed by atoms with Gasteiger partial charge in [-0.05, 0) is 56.7 Å². The summed E-state index contributed by atoms with van der Waals surface area (Å²) in [5.74, 6) is 1.13. The number of hydrogen-bond donors (Lipinski definition) is 1. The van der Waals surface area contributed by atoms with Gasteiger partial charge < -0.3 is 5.32 Å². The van der Waals surface area contributed by atoms with Crippen LogP contribution < -0.4 is 5.32 Å². The molecule has 112 valence electrons. The zero-order valence-corrected chi connectivity index (χ0v) is 13.1. The standard InChI is InChI=1S/C18H28FN/c1-18(2,3)20-13-16(11-14-7-4-5-8-14)15-9-6-10-17(19)12-15/h6,9-10,12,14,16,20H,4-5,7-8,11,13H2,1-3H3. The van der Waals surface area contributed by atoms with E-state index < -0.39 is 0 Å². The SMILES string of the molecule is CC(C)(C)NCC(CC1CCCC1)c1cccc(F)c1. The Hall–Kier alpha value is -0.890. The van der Waals surface area contributed by atoms with E-state index in [4.69, 9.17) is 0 Å². The van der Waals surface area contributed by atoms with Gasteiger partial charge in [0.15, 0.2) is 0 Å². The maximum Gasteiger partial charge on any atom is 0.123 e. The van der Waals surface area contributed by atoms with Gasteiger partial charge in [0.1, 0.15) is 5.82 Å². The molecule has 1 saturated carbocycles. The molecule has 0 aromatic heterocycles. The van der Waals surface area contributed by atoms with Gasteiger partial charge in [-0.2, -0.15) is 0 Å². The van der Waals surface area contributed by atoms with E-state index in [1.54, 1.807) is 6.07 Å². The van der Waals surface area contributed by atoms with E-state index in [0.29, 0.717) is 5.92 Å². The lowest BCUT2D eigenvalue weighted by molar-refractivity contribution is 0.368. The lowest BCUT2D eigenvalue weighted by atomic mass is 9.87. The first-order valence-corrected chi connectivity index (χ1v) is 7.94. The molecular weight excluding hydrogens is 249 g/mol. The van der Waals surface area contributed by atoms with Crippen LogP contribution in [0.25, 0.3) is 0 Å². The van der Waals surface area contributed by atoms with Gasteiger partial charge in [0.05, 0.1) is 0 Å². The number of halogens is 1. The predicted octanol–water partition coefficient (Wildman–Crippen LogP) is 4.88. The fourth-order valence-electron chi connectivity index (χ4n) is 3.18. The van der Waals surface area contributed by atoms with E-state index in [-0.39, 0.29) is 11.4 Å². The molecule has 0 heterocycles. The smallest absolute Gasteiger partial charge is 0.123 e. The van der Waals surface area contributed by atoms with Crippen molar-refractivity contribution in [2.24, 2.45) is 5.92 Å². The first-order valence-electron chi connectivity index (χ1n) is 7.94. The third-order valence-electron chi connectivity index (χ3n) is 4.29. The van der Waals surface area contributed by atoms with E-state index in [9.17, 15) is 4.39 Å². The van der Waals surface area contributed by atoms with Crippen LogP contribution in [0.15, 0.2) is 24.3 Å². The molecule has 1 aromatic carbocycles. The zero-order valence-electron chi connectivity index (χ0n) is 13.1. The Morgan fingerprint density at radius 3 is 2.55 bits per heavy atom. The molecule has 2 rings (SSSR count). The van der Waals surface area contributed by atoms with Crippen molar-refractivity contribution in [3.8, 4) is 0 Å². The Kier molecular flexibility index (Phi) is 5.20. The fraction of sp³-hybridized carbons (Fsp3) is 0.667. The maximum absolute atomic E-state index is 13.5. The van der Waals surface area contributed by atoms with Gasteiger partial charge in [0.25, 0.3) is 0 Å². The Labute approximate surface area is 123 Å². The van der Waals surface area contributed by atoms with Crippen molar-refractivity contribution in [3.63, 3.8) is 0 Å². The highest BCUT2D eigenvalue weighted by atomic mass is 19.1. The van der Waals surface area contributed by atoms with E-state index in [1.165, 1.54) is 38.2 Å². The monoisotopic (exact) mass is 277 g/mol. The molecule has 1 aromatic rings. The molecule has 1 unspecified atom stereocenters. The molecule has 1 atom stereocenters. The van der Waals surface area contributed by atoms with Crippen LogP contribution >= 0.6 is 0 Å². The molecule has 1 N–H and O–H groups in total. The summed E-state index contributed by atoms with van der Waals surface area (Å²) in [4.78, 5) is 0. The van der Waals surface area contributed by atoms with Crippen LogP contribution in [0, 0.1) is 11.7 Å². The first-order chi connectivity index (χ1) is 9.44. The van der Waals surface area contributed by atoms with Gasteiger partial charge in [0, 0.05) is 12.1 Å². The highest BCUT2D eigenvalue weighted by Gasteiger charge is 2.23. The molecule has 1 fully saturated rings. The number of nitrogens with one attached hydrogen (secondary N) is 1. The third-order valence-corrected chi connectivity index (χ3v) is 4.29. The minimum absolute atomic E-state index is 0.112. The fourth-order valence-corrected chi connectivity index (χ4v) is 3.18. The first kappa shape index (κ1) is 15.5.